The van der Waals surface area contributed by atoms with Gasteiger partial charge in [0, 0.05) is 13.0 Å². The lowest BCUT2D eigenvalue weighted by Gasteiger charge is -2.22. The summed E-state index contributed by atoms with van der Waals surface area (Å²) < 4.78 is 43.3. The Morgan fingerprint density at radius 2 is 1.24 bits per heavy atom. The summed E-state index contributed by atoms with van der Waals surface area (Å²) in [5, 5.41) is 0. The summed E-state index contributed by atoms with van der Waals surface area (Å²) in [5.41, 5.74) is 0. The molecule has 0 aliphatic carbocycles. The lowest BCUT2D eigenvalue weighted by molar-refractivity contribution is -0.169. The maximum Gasteiger partial charge on any atom is 0.305 e. The second kappa shape index (κ2) is 24.3. The molecule has 0 radical (unpaired) electrons. The molecule has 33 heavy (non-hydrogen) atoms. The normalized spacial score (nSPS) is 16.2. The van der Waals surface area contributed by atoms with E-state index < -0.39 is 0 Å². The van der Waals surface area contributed by atoms with E-state index >= 15 is 0 Å². The van der Waals surface area contributed by atoms with Gasteiger partial charge in [-0.2, -0.15) is 0 Å². The molecule has 0 N–H and O–H groups in total. The molecule has 0 spiro atoms. The Morgan fingerprint density at radius 1 is 0.697 bits per heavy atom. The molecule has 1 aliphatic rings. The fraction of sp³-hybridized carbons (Fsp3) is 0.958. The monoisotopic (exact) mass is 478 g/mol. The first-order valence-electron chi connectivity index (χ1n) is 12.6. The zero-order chi connectivity index (χ0) is 23.7. The van der Waals surface area contributed by atoms with Crippen molar-refractivity contribution in [1.29, 1.82) is 0 Å². The van der Waals surface area contributed by atoms with Gasteiger partial charge in [-0.1, -0.05) is 26.2 Å². The van der Waals surface area contributed by atoms with Crippen LogP contribution in [0.5, 0.6) is 0 Å². The highest BCUT2D eigenvalue weighted by atomic mass is 16.7. The molecular weight excluding hydrogens is 432 g/mol. The molecule has 9 heteroatoms. The second-order valence-corrected chi connectivity index (χ2v) is 7.76. The Bertz CT molecular complexity index is 417. The van der Waals surface area contributed by atoms with Crippen LogP contribution < -0.4 is 0 Å². The number of carbonyl (C=O) groups excluding carboxylic acids is 1. The van der Waals surface area contributed by atoms with Gasteiger partial charge in [-0.05, 0) is 25.7 Å². The Hall–Kier alpha value is -0.810. The topological polar surface area (TPSA) is 90.9 Å². The van der Waals surface area contributed by atoms with E-state index in [2.05, 4.69) is 6.92 Å². The lowest BCUT2D eigenvalue weighted by Crippen LogP contribution is -2.24. The summed E-state index contributed by atoms with van der Waals surface area (Å²) in [7, 11) is 0. The van der Waals surface area contributed by atoms with E-state index in [0.29, 0.717) is 85.7 Å². The molecule has 0 aromatic carbocycles. The SMILES string of the molecule is CCCCCCC(=O)OCCOCCOCCOCCOCCOCCOC1CCCCO1. The molecule has 1 fully saturated rings. The summed E-state index contributed by atoms with van der Waals surface area (Å²) in [5.74, 6) is -0.144. The number of hydrogen-bond acceptors (Lipinski definition) is 9. The minimum atomic E-state index is -0.144. The van der Waals surface area contributed by atoms with Crippen LogP contribution in [0.4, 0.5) is 0 Å². The maximum atomic E-state index is 11.5. The molecule has 0 saturated carbocycles. The zero-order valence-corrected chi connectivity index (χ0v) is 20.6. The summed E-state index contributed by atoms with van der Waals surface area (Å²) in [4.78, 5) is 11.5. The molecule has 1 heterocycles. The first-order valence-corrected chi connectivity index (χ1v) is 12.6. The molecule has 196 valence electrons. The molecular formula is C24H46O9. The summed E-state index contributed by atoms with van der Waals surface area (Å²) >= 11 is 0. The average molecular weight is 479 g/mol. The van der Waals surface area contributed by atoms with Crippen LogP contribution in [0.1, 0.15) is 58.3 Å². The van der Waals surface area contributed by atoms with Crippen LogP contribution in [0.2, 0.25) is 0 Å². The largest absolute Gasteiger partial charge is 0.463 e. The minimum Gasteiger partial charge on any atom is -0.463 e. The van der Waals surface area contributed by atoms with Gasteiger partial charge in [0.25, 0.3) is 0 Å². The second-order valence-electron chi connectivity index (χ2n) is 7.76. The average Bonchev–Trinajstić information content (AvgIpc) is 2.84. The maximum absolute atomic E-state index is 11.5. The summed E-state index contributed by atoms with van der Waals surface area (Å²) in [6.07, 6.45) is 8.01. The van der Waals surface area contributed by atoms with E-state index in [4.69, 9.17) is 37.9 Å². The molecule has 1 saturated heterocycles. The van der Waals surface area contributed by atoms with E-state index in [0.717, 1.165) is 38.7 Å². The third-order valence-electron chi connectivity index (χ3n) is 4.88. The number of hydrogen-bond donors (Lipinski definition) is 0. The standard InChI is InChI=1S/C24H46O9/c1-2-3-4-5-8-23(25)31-21-19-29-17-15-27-13-11-26-12-14-28-16-18-30-20-22-33-24-9-6-7-10-32-24/h24H,2-22H2,1H3. The molecule has 0 aromatic rings. The lowest BCUT2D eigenvalue weighted by atomic mass is 10.2. The smallest absolute Gasteiger partial charge is 0.305 e. The van der Waals surface area contributed by atoms with Crippen molar-refractivity contribution in [3.05, 3.63) is 0 Å². The van der Waals surface area contributed by atoms with Crippen molar-refractivity contribution in [3.63, 3.8) is 0 Å². The number of ether oxygens (including phenoxy) is 8. The van der Waals surface area contributed by atoms with Crippen molar-refractivity contribution in [3.8, 4) is 0 Å². The van der Waals surface area contributed by atoms with Crippen LogP contribution >= 0.6 is 0 Å². The van der Waals surface area contributed by atoms with Crippen LogP contribution in [0.25, 0.3) is 0 Å². The summed E-state index contributed by atoms with van der Waals surface area (Å²) in [6.45, 7) is 8.80. The molecule has 1 rings (SSSR count). The van der Waals surface area contributed by atoms with Gasteiger partial charge in [-0.3, -0.25) is 4.79 Å². The predicted molar refractivity (Wildman–Crippen MR) is 123 cm³/mol. The molecule has 1 unspecified atom stereocenters. The van der Waals surface area contributed by atoms with E-state index in [9.17, 15) is 4.79 Å². The number of carbonyl (C=O) groups is 1. The summed E-state index contributed by atoms with van der Waals surface area (Å²) in [6, 6.07) is 0. The van der Waals surface area contributed by atoms with Gasteiger partial charge in [-0.15, -0.1) is 0 Å². The van der Waals surface area contributed by atoms with Crippen LogP contribution in [0, 0.1) is 0 Å². The van der Waals surface area contributed by atoms with E-state index in [1.165, 1.54) is 12.8 Å². The first kappa shape index (κ1) is 30.2. The highest BCUT2D eigenvalue weighted by Crippen LogP contribution is 2.13. The van der Waals surface area contributed by atoms with Crippen LogP contribution in [0.15, 0.2) is 0 Å². The van der Waals surface area contributed by atoms with Gasteiger partial charge in [0.15, 0.2) is 6.29 Å². The van der Waals surface area contributed by atoms with Gasteiger partial charge in [0.2, 0.25) is 0 Å². The van der Waals surface area contributed by atoms with Gasteiger partial charge in [0.05, 0.1) is 72.7 Å². The van der Waals surface area contributed by atoms with Crippen molar-refractivity contribution in [2.45, 2.75) is 64.6 Å². The highest BCUT2D eigenvalue weighted by Gasteiger charge is 2.13. The van der Waals surface area contributed by atoms with Crippen LogP contribution in [0.3, 0.4) is 0 Å². The third kappa shape index (κ3) is 21.5. The van der Waals surface area contributed by atoms with Crippen LogP contribution in [-0.4, -0.2) is 98.1 Å². The zero-order valence-electron chi connectivity index (χ0n) is 20.6. The van der Waals surface area contributed by atoms with Crippen molar-refractivity contribution in [1.82, 2.24) is 0 Å². The Kier molecular flexibility index (Phi) is 22.3. The third-order valence-corrected chi connectivity index (χ3v) is 4.88. The Morgan fingerprint density at radius 3 is 1.76 bits per heavy atom. The van der Waals surface area contributed by atoms with Gasteiger partial charge >= 0.3 is 5.97 Å². The number of unbranched alkanes of at least 4 members (excludes halogenated alkanes) is 3. The van der Waals surface area contributed by atoms with Gasteiger partial charge in [0.1, 0.15) is 6.61 Å². The fourth-order valence-corrected chi connectivity index (χ4v) is 3.05. The van der Waals surface area contributed by atoms with E-state index in [1.54, 1.807) is 0 Å². The molecule has 9 nitrogen and oxygen atoms in total. The first-order chi connectivity index (χ1) is 16.3. The van der Waals surface area contributed by atoms with Crippen molar-refractivity contribution in [2.75, 3.05) is 85.9 Å². The molecule has 0 bridgehead atoms. The molecule has 1 aliphatic heterocycles. The number of esters is 1. The van der Waals surface area contributed by atoms with Crippen molar-refractivity contribution in [2.24, 2.45) is 0 Å². The van der Waals surface area contributed by atoms with E-state index in [-0.39, 0.29) is 12.3 Å². The van der Waals surface area contributed by atoms with Gasteiger partial charge in [-0.25, -0.2) is 0 Å². The molecule has 1 atom stereocenters. The Balaban J connectivity index is 1.66. The Labute approximate surface area is 199 Å². The predicted octanol–water partition coefficient (Wildman–Crippen LogP) is 3.13. The highest BCUT2D eigenvalue weighted by molar-refractivity contribution is 5.69. The van der Waals surface area contributed by atoms with E-state index in [1.807, 2.05) is 0 Å². The quantitative estimate of drug-likeness (QED) is 0.153. The van der Waals surface area contributed by atoms with Crippen molar-refractivity contribution >= 4 is 5.97 Å². The minimum absolute atomic E-state index is 0.0616. The van der Waals surface area contributed by atoms with Crippen LogP contribution in [-0.2, 0) is 42.7 Å². The molecule has 0 aromatic heterocycles. The molecule has 0 amide bonds. The fourth-order valence-electron chi connectivity index (χ4n) is 3.05. The van der Waals surface area contributed by atoms with Crippen molar-refractivity contribution < 1.29 is 42.7 Å². The number of rotatable bonds is 24. The van der Waals surface area contributed by atoms with Gasteiger partial charge < -0.3 is 37.9 Å².